The molecule has 0 fully saturated rings. The van der Waals surface area contributed by atoms with Crippen molar-refractivity contribution in [2.75, 3.05) is 13.2 Å². The molecule has 5 heteroatoms. The van der Waals surface area contributed by atoms with Crippen molar-refractivity contribution in [2.45, 2.75) is 13.0 Å². The topological polar surface area (TPSA) is 69.2 Å². The zero-order chi connectivity index (χ0) is 16.1. The van der Waals surface area contributed by atoms with Crippen LogP contribution >= 0.6 is 0 Å². The van der Waals surface area contributed by atoms with Crippen molar-refractivity contribution in [3.8, 4) is 0 Å². The number of pyridine rings is 1. The summed E-state index contributed by atoms with van der Waals surface area (Å²) in [7, 11) is 0. The van der Waals surface area contributed by atoms with Gasteiger partial charge in [-0.05, 0) is 23.3 Å². The first kappa shape index (κ1) is 15.2. The summed E-state index contributed by atoms with van der Waals surface area (Å²) in [5.41, 5.74) is 2.95. The predicted molar refractivity (Wildman–Crippen MR) is 88.7 cm³/mol. The minimum atomic E-state index is -0.0557. The van der Waals surface area contributed by atoms with E-state index in [1.807, 2.05) is 42.6 Å². The van der Waals surface area contributed by atoms with Crippen molar-refractivity contribution in [1.82, 2.24) is 14.9 Å². The van der Waals surface area contributed by atoms with Crippen LogP contribution < -0.4 is 0 Å². The number of H-pyrrole nitrogens is 1. The SMILES string of the molecule is O=C(Cc1c[nH]c2ccccc12)N(CCO)Cc1cccnc1. The molecule has 2 heterocycles. The van der Waals surface area contributed by atoms with Gasteiger partial charge in [0.2, 0.25) is 5.91 Å². The second-order valence-corrected chi connectivity index (χ2v) is 5.44. The molecule has 0 aliphatic heterocycles. The Morgan fingerprint density at radius 2 is 2.09 bits per heavy atom. The highest BCUT2D eigenvalue weighted by atomic mass is 16.3. The maximum Gasteiger partial charge on any atom is 0.227 e. The van der Waals surface area contributed by atoms with E-state index in [2.05, 4.69) is 9.97 Å². The highest BCUT2D eigenvalue weighted by Crippen LogP contribution is 2.19. The number of hydrogen-bond donors (Lipinski definition) is 2. The van der Waals surface area contributed by atoms with Crippen LogP contribution in [-0.4, -0.2) is 39.0 Å². The lowest BCUT2D eigenvalue weighted by Crippen LogP contribution is -2.34. The van der Waals surface area contributed by atoms with Crippen LogP contribution in [0.25, 0.3) is 10.9 Å². The summed E-state index contributed by atoms with van der Waals surface area (Å²) < 4.78 is 0. The summed E-state index contributed by atoms with van der Waals surface area (Å²) in [4.78, 5) is 21.5. The van der Waals surface area contributed by atoms with Crippen molar-refractivity contribution < 1.29 is 9.90 Å². The third-order valence-corrected chi connectivity index (χ3v) is 3.84. The second kappa shape index (κ2) is 7.07. The predicted octanol–water partition coefficient (Wildman–Crippen LogP) is 2.13. The molecular weight excluding hydrogens is 290 g/mol. The normalized spacial score (nSPS) is 10.8. The van der Waals surface area contributed by atoms with Gasteiger partial charge < -0.3 is 15.0 Å². The minimum absolute atomic E-state index is 0.00680. The van der Waals surface area contributed by atoms with Gasteiger partial charge in [0.1, 0.15) is 0 Å². The average molecular weight is 309 g/mol. The standard InChI is InChI=1S/C18H19N3O2/c22-9-8-21(13-14-4-3-7-19-11-14)18(23)10-15-12-20-17-6-2-1-5-16(15)17/h1-7,11-12,20,22H,8-10,13H2. The van der Waals surface area contributed by atoms with Gasteiger partial charge in [0.15, 0.2) is 0 Å². The zero-order valence-electron chi connectivity index (χ0n) is 12.8. The van der Waals surface area contributed by atoms with E-state index in [9.17, 15) is 9.90 Å². The number of para-hydroxylation sites is 1. The molecule has 0 bridgehead atoms. The molecule has 0 spiro atoms. The Bertz CT molecular complexity index is 783. The maximum atomic E-state index is 12.6. The molecule has 0 aliphatic carbocycles. The summed E-state index contributed by atoms with van der Waals surface area (Å²) in [6.45, 7) is 0.714. The molecule has 2 N–H and O–H groups in total. The summed E-state index contributed by atoms with van der Waals surface area (Å²) in [6.07, 6.45) is 5.63. The lowest BCUT2D eigenvalue weighted by molar-refractivity contribution is -0.131. The molecule has 1 amide bonds. The van der Waals surface area contributed by atoms with Gasteiger partial charge in [0, 0.05) is 42.6 Å². The number of rotatable bonds is 6. The van der Waals surface area contributed by atoms with Crippen LogP contribution in [0.1, 0.15) is 11.1 Å². The van der Waals surface area contributed by atoms with Gasteiger partial charge in [-0.25, -0.2) is 0 Å². The number of fused-ring (bicyclic) bond motifs is 1. The summed E-state index contributed by atoms with van der Waals surface area (Å²) in [6, 6.07) is 11.7. The van der Waals surface area contributed by atoms with Gasteiger partial charge in [-0.1, -0.05) is 24.3 Å². The number of aliphatic hydroxyl groups is 1. The highest BCUT2D eigenvalue weighted by molar-refractivity contribution is 5.88. The van der Waals surface area contributed by atoms with Crippen molar-refractivity contribution in [1.29, 1.82) is 0 Å². The van der Waals surface area contributed by atoms with Crippen LogP contribution in [0.4, 0.5) is 0 Å². The fourth-order valence-corrected chi connectivity index (χ4v) is 2.68. The largest absolute Gasteiger partial charge is 0.395 e. The first-order chi connectivity index (χ1) is 11.3. The highest BCUT2D eigenvalue weighted by Gasteiger charge is 2.16. The van der Waals surface area contributed by atoms with E-state index in [1.54, 1.807) is 17.3 Å². The van der Waals surface area contributed by atoms with E-state index in [4.69, 9.17) is 0 Å². The molecule has 5 nitrogen and oxygen atoms in total. The number of hydrogen-bond acceptors (Lipinski definition) is 3. The van der Waals surface area contributed by atoms with Gasteiger partial charge >= 0.3 is 0 Å². The molecule has 0 atom stereocenters. The van der Waals surface area contributed by atoms with Gasteiger partial charge in [-0.3, -0.25) is 9.78 Å². The molecule has 23 heavy (non-hydrogen) atoms. The smallest absolute Gasteiger partial charge is 0.227 e. The number of aromatic nitrogens is 2. The number of carbonyl (C=O) groups excluding carboxylic acids is 1. The van der Waals surface area contributed by atoms with E-state index >= 15 is 0 Å². The van der Waals surface area contributed by atoms with Crippen molar-refractivity contribution >= 4 is 16.8 Å². The number of nitrogens with zero attached hydrogens (tertiary/aromatic N) is 2. The average Bonchev–Trinajstić information content (AvgIpc) is 2.99. The Labute approximate surface area is 134 Å². The lowest BCUT2D eigenvalue weighted by Gasteiger charge is -2.21. The van der Waals surface area contributed by atoms with Gasteiger partial charge in [-0.15, -0.1) is 0 Å². The fourth-order valence-electron chi connectivity index (χ4n) is 2.68. The molecule has 3 aromatic rings. The molecule has 0 aliphatic rings. The van der Waals surface area contributed by atoms with Gasteiger partial charge in [0.05, 0.1) is 13.0 Å². The number of aliphatic hydroxyl groups excluding tert-OH is 1. The summed E-state index contributed by atoms with van der Waals surface area (Å²) in [5.74, 6) is -0.00680. The first-order valence-corrected chi connectivity index (χ1v) is 7.60. The number of nitrogens with one attached hydrogen (secondary N) is 1. The Hall–Kier alpha value is -2.66. The lowest BCUT2D eigenvalue weighted by atomic mass is 10.1. The van der Waals surface area contributed by atoms with E-state index in [1.165, 1.54) is 0 Å². The molecule has 0 radical (unpaired) electrons. The second-order valence-electron chi connectivity index (χ2n) is 5.44. The molecule has 3 rings (SSSR count). The third kappa shape index (κ3) is 3.57. The Morgan fingerprint density at radius 3 is 2.87 bits per heavy atom. The van der Waals surface area contributed by atoms with E-state index in [0.717, 1.165) is 22.0 Å². The van der Waals surface area contributed by atoms with Crippen LogP contribution in [0.15, 0.2) is 55.0 Å². The minimum Gasteiger partial charge on any atom is -0.395 e. The number of amides is 1. The van der Waals surface area contributed by atoms with Crippen molar-refractivity contribution in [3.05, 3.63) is 66.1 Å². The number of aromatic amines is 1. The zero-order valence-corrected chi connectivity index (χ0v) is 12.8. The van der Waals surface area contributed by atoms with Crippen molar-refractivity contribution in [3.63, 3.8) is 0 Å². The van der Waals surface area contributed by atoms with Crippen molar-refractivity contribution in [2.24, 2.45) is 0 Å². The first-order valence-electron chi connectivity index (χ1n) is 7.60. The monoisotopic (exact) mass is 309 g/mol. The van der Waals surface area contributed by atoms with Gasteiger partial charge in [0.25, 0.3) is 0 Å². The number of benzene rings is 1. The van der Waals surface area contributed by atoms with E-state index in [-0.39, 0.29) is 12.5 Å². The van der Waals surface area contributed by atoms with Crippen LogP contribution in [0.3, 0.4) is 0 Å². The molecule has 1 aromatic carbocycles. The van der Waals surface area contributed by atoms with Crippen LogP contribution in [-0.2, 0) is 17.8 Å². The maximum absolute atomic E-state index is 12.6. The molecule has 0 unspecified atom stereocenters. The fraction of sp³-hybridized carbons (Fsp3) is 0.222. The third-order valence-electron chi connectivity index (χ3n) is 3.84. The van der Waals surface area contributed by atoms with E-state index in [0.29, 0.717) is 19.5 Å². The van der Waals surface area contributed by atoms with Gasteiger partial charge in [-0.2, -0.15) is 0 Å². The Kier molecular flexibility index (Phi) is 4.68. The van der Waals surface area contributed by atoms with Crippen LogP contribution in [0.2, 0.25) is 0 Å². The quantitative estimate of drug-likeness (QED) is 0.733. The molecule has 0 saturated heterocycles. The molecule has 0 saturated carbocycles. The number of carbonyl (C=O) groups is 1. The summed E-state index contributed by atoms with van der Waals surface area (Å²) >= 11 is 0. The molecule has 118 valence electrons. The Balaban J connectivity index is 1.76. The Morgan fingerprint density at radius 1 is 1.22 bits per heavy atom. The van der Waals surface area contributed by atoms with E-state index < -0.39 is 0 Å². The molecule has 2 aromatic heterocycles. The van der Waals surface area contributed by atoms with Crippen LogP contribution in [0.5, 0.6) is 0 Å². The molecular formula is C18H19N3O2. The summed E-state index contributed by atoms with van der Waals surface area (Å²) in [5, 5.41) is 10.3. The van der Waals surface area contributed by atoms with Crippen LogP contribution in [0, 0.1) is 0 Å².